The quantitative estimate of drug-likeness (QED) is 0.497. The molecule has 1 N–H and O–H groups in total. The largest absolute Gasteiger partial charge is 0.371 e. The first-order valence-corrected chi connectivity index (χ1v) is 8.98. The zero-order chi connectivity index (χ0) is 19.2. The molecule has 140 valence electrons. The summed E-state index contributed by atoms with van der Waals surface area (Å²) in [5.74, 6) is -0.320. The van der Waals surface area contributed by atoms with Gasteiger partial charge in [-0.15, -0.1) is 0 Å². The molecule has 1 heterocycles. The second kappa shape index (κ2) is 8.44. The average Bonchev–Trinajstić information content (AvgIpc) is 2.68. The summed E-state index contributed by atoms with van der Waals surface area (Å²) in [6.45, 7) is 3.73. The summed E-state index contributed by atoms with van der Waals surface area (Å²) in [5, 5.41) is 15.1. The van der Waals surface area contributed by atoms with Crippen LogP contribution in [0.25, 0.3) is 0 Å². The minimum Gasteiger partial charge on any atom is -0.371 e. The van der Waals surface area contributed by atoms with Crippen molar-refractivity contribution in [2.75, 3.05) is 18.0 Å². The monoisotopic (exact) mass is 366 g/mol. The van der Waals surface area contributed by atoms with Crippen LogP contribution in [-0.2, 0) is 0 Å². The van der Waals surface area contributed by atoms with E-state index in [1.165, 1.54) is 24.8 Å². The van der Waals surface area contributed by atoms with Crippen molar-refractivity contribution in [3.05, 3.63) is 69.3 Å². The first kappa shape index (κ1) is 18.6. The van der Waals surface area contributed by atoms with E-state index >= 15 is 0 Å². The molecule has 3 rings (SSSR count). The molecule has 0 bridgehead atoms. The molecule has 0 atom stereocenters. The third kappa shape index (κ3) is 4.69. The van der Waals surface area contributed by atoms with Crippen LogP contribution in [0.1, 0.15) is 40.7 Å². The molecular formula is C20H22N4O3. The van der Waals surface area contributed by atoms with Crippen molar-refractivity contribution in [3.63, 3.8) is 0 Å². The number of carbonyl (C=O) groups is 1. The molecular weight excluding hydrogens is 344 g/mol. The van der Waals surface area contributed by atoms with Gasteiger partial charge in [0.25, 0.3) is 11.6 Å². The maximum Gasteiger partial charge on any atom is 0.271 e. The van der Waals surface area contributed by atoms with Gasteiger partial charge in [-0.1, -0.05) is 17.7 Å². The van der Waals surface area contributed by atoms with Gasteiger partial charge in [-0.3, -0.25) is 14.9 Å². The summed E-state index contributed by atoms with van der Waals surface area (Å²) in [4.78, 5) is 25.1. The van der Waals surface area contributed by atoms with E-state index in [9.17, 15) is 14.9 Å². The molecule has 0 unspecified atom stereocenters. The van der Waals surface area contributed by atoms with Crippen LogP contribution >= 0.6 is 0 Å². The Bertz CT molecular complexity index is 873. The van der Waals surface area contributed by atoms with E-state index in [2.05, 4.69) is 15.4 Å². The molecule has 0 aromatic heterocycles. The van der Waals surface area contributed by atoms with Gasteiger partial charge < -0.3 is 4.90 Å². The number of anilines is 1. The maximum absolute atomic E-state index is 12.2. The Balaban J connectivity index is 1.80. The van der Waals surface area contributed by atoms with E-state index in [4.69, 9.17) is 0 Å². The van der Waals surface area contributed by atoms with Crippen LogP contribution in [0.5, 0.6) is 0 Å². The van der Waals surface area contributed by atoms with Gasteiger partial charge in [-0.2, -0.15) is 5.10 Å². The van der Waals surface area contributed by atoms with Gasteiger partial charge in [-0.05, 0) is 44.4 Å². The molecule has 27 heavy (non-hydrogen) atoms. The van der Waals surface area contributed by atoms with E-state index in [1.54, 1.807) is 18.2 Å². The molecule has 0 saturated carbocycles. The molecule has 2 aromatic rings. The van der Waals surface area contributed by atoms with Crippen molar-refractivity contribution in [2.24, 2.45) is 5.10 Å². The fourth-order valence-corrected chi connectivity index (χ4v) is 3.19. The van der Waals surface area contributed by atoms with Crippen LogP contribution < -0.4 is 10.3 Å². The van der Waals surface area contributed by atoms with Crippen molar-refractivity contribution in [3.8, 4) is 0 Å². The number of nitro groups is 1. The van der Waals surface area contributed by atoms with Gasteiger partial charge in [-0.25, -0.2) is 5.43 Å². The number of piperidine rings is 1. The second-order valence-corrected chi connectivity index (χ2v) is 6.62. The third-order valence-corrected chi connectivity index (χ3v) is 4.57. The van der Waals surface area contributed by atoms with E-state index in [0.717, 1.165) is 37.2 Å². The van der Waals surface area contributed by atoms with Crippen molar-refractivity contribution >= 4 is 23.5 Å². The predicted molar refractivity (Wildman–Crippen MR) is 105 cm³/mol. The fourth-order valence-electron chi connectivity index (χ4n) is 3.19. The molecule has 2 aromatic carbocycles. The van der Waals surface area contributed by atoms with Crippen LogP contribution in [0.15, 0.2) is 47.6 Å². The van der Waals surface area contributed by atoms with Crippen molar-refractivity contribution in [2.45, 2.75) is 26.2 Å². The maximum atomic E-state index is 12.2. The third-order valence-electron chi connectivity index (χ3n) is 4.57. The number of aryl methyl sites for hydroxylation is 1. The van der Waals surface area contributed by atoms with Gasteiger partial charge in [0, 0.05) is 42.0 Å². The van der Waals surface area contributed by atoms with Crippen molar-refractivity contribution in [1.82, 2.24) is 5.43 Å². The number of benzene rings is 2. The highest BCUT2D eigenvalue weighted by Gasteiger charge is 2.17. The lowest BCUT2D eigenvalue weighted by Crippen LogP contribution is -2.30. The summed E-state index contributed by atoms with van der Waals surface area (Å²) in [7, 11) is 0. The first-order chi connectivity index (χ1) is 13.0. The molecule has 1 amide bonds. The first-order valence-electron chi connectivity index (χ1n) is 8.98. The molecule has 0 spiro atoms. The standard InChI is InChI=1S/C20H22N4O3/c1-15-6-5-7-16(12-15)20(25)22-21-14-17-13-18(24(26)27)8-9-19(17)23-10-3-2-4-11-23/h5-9,12-14H,2-4,10-11H2,1H3,(H,22,25)/b21-14-. The van der Waals surface area contributed by atoms with E-state index in [-0.39, 0.29) is 11.6 Å². The molecule has 7 heteroatoms. The number of nitrogens with one attached hydrogen (secondary N) is 1. The number of hydrazone groups is 1. The summed E-state index contributed by atoms with van der Waals surface area (Å²) in [6, 6.07) is 12.0. The zero-order valence-corrected chi connectivity index (χ0v) is 15.2. The van der Waals surface area contributed by atoms with Gasteiger partial charge in [0.1, 0.15) is 0 Å². The number of nitro benzene ring substituents is 1. The topological polar surface area (TPSA) is 87.8 Å². The van der Waals surface area contributed by atoms with Crippen molar-refractivity contribution in [1.29, 1.82) is 0 Å². The molecule has 1 saturated heterocycles. The zero-order valence-electron chi connectivity index (χ0n) is 15.2. The smallest absolute Gasteiger partial charge is 0.271 e. The molecule has 7 nitrogen and oxygen atoms in total. The Hall–Kier alpha value is -3.22. The van der Waals surface area contributed by atoms with Crippen LogP contribution in [-0.4, -0.2) is 30.1 Å². The van der Waals surface area contributed by atoms with Crippen LogP contribution in [0, 0.1) is 17.0 Å². The summed E-state index contributed by atoms with van der Waals surface area (Å²) in [6.07, 6.45) is 4.86. The Morgan fingerprint density at radius 2 is 1.96 bits per heavy atom. The fraction of sp³-hybridized carbons (Fsp3) is 0.300. The van der Waals surface area contributed by atoms with Gasteiger partial charge in [0.05, 0.1) is 11.1 Å². The normalized spacial score (nSPS) is 14.3. The number of hydrogen-bond acceptors (Lipinski definition) is 5. The highest BCUT2D eigenvalue weighted by molar-refractivity contribution is 5.96. The minimum atomic E-state index is -0.428. The number of non-ortho nitro benzene ring substituents is 1. The molecule has 0 aliphatic carbocycles. The highest BCUT2D eigenvalue weighted by atomic mass is 16.6. The van der Waals surface area contributed by atoms with Crippen LogP contribution in [0.4, 0.5) is 11.4 Å². The number of amides is 1. The second-order valence-electron chi connectivity index (χ2n) is 6.62. The Morgan fingerprint density at radius 3 is 2.67 bits per heavy atom. The van der Waals surface area contributed by atoms with Crippen molar-refractivity contribution < 1.29 is 9.72 Å². The Labute approximate surface area is 157 Å². The summed E-state index contributed by atoms with van der Waals surface area (Å²) >= 11 is 0. The number of carbonyl (C=O) groups excluding carboxylic acids is 1. The van der Waals surface area contributed by atoms with Gasteiger partial charge in [0.15, 0.2) is 0 Å². The molecule has 1 aliphatic heterocycles. The lowest BCUT2D eigenvalue weighted by molar-refractivity contribution is -0.384. The Morgan fingerprint density at radius 1 is 1.19 bits per heavy atom. The summed E-state index contributed by atoms with van der Waals surface area (Å²) < 4.78 is 0. The van der Waals surface area contributed by atoms with Gasteiger partial charge in [0.2, 0.25) is 0 Å². The number of rotatable bonds is 5. The number of hydrogen-bond donors (Lipinski definition) is 1. The van der Waals surface area contributed by atoms with E-state index in [1.807, 2.05) is 19.1 Å². The van der Waals surface area contributed by atoms with E-state index in [0.29, 0.717) is 11.1 Å². The highest BCUT2D eigenvalue weighted by Crippen LogP contribution is 2.26. The molecule has 1 fully saturated rings. The van der Waals surface area contributed by atoms with Gasteiger partial charge >= 0.3 is 0 Å². The minimum absolute atomic E-state index is 0.00206. The van der Waals surface area contributed by atoms with Crippen LogP contribution in [0.2, 0.25) is 0 Å². The lowest BCUT2D eigenvalue weighted by Gasteiger charge is -2.29. The Kier molecular flexibility index (Phi) is 5.80. The lowest BCUT2D eigenvalue weighted by atomic mass is 10.1. The van der Waals surface area contributed by atoms with Crippen LogP contribution in [0.3, 0.4) is 0 Å². The average molecular weight is 366 g/mol. The van der Waals surface area contributed by atoms with E-state index < -0.39 is 4.92 Å². The molecule has 0 radical (unpaired) electrons. The summed E-state index contributed by atoms with van der Waals surface area (Å²) in [5.41, 5.74) is 5.52. The molecule has 1 aliphatic rings. The number of nitrogens with zero attached hydrogens (tertiary/aromatic N) is 3. The SMILES string of the molecule is Cc1cccc(C(=O)N/N=C\c2cc([N+](=O)[O-])ccc2N2CCCCC2)c1. The predicted octanol–water partition coefficient (Wildman–Crippen LogP) is 3.66.